The number of aryl methyl sites for hydroxylation is 1. The highest BCUT2D eigenvalue weighted by Gasteiger charge is 2.07. The first kappa shape index (κ1) is 9.15. The van der Waals surface area contributed by atoms with Gasteiger partial charge in [0.25, 0.3) is 0 Å². The van der Waals surface area contributed by atoms with Gasteiger partial charge in [-0.3, -0.25) is 4.68 Å². The minimum absolute atomic E-state index is 0.765. The number of aromatic nitrogens is 4. The van der Waals surface area contributed by atoms with E-state index in [0.717, 1.165) is 17.8 Å². The van der Waals surface area contributed by atoms with Crippen LogP contribution in [0.4, 0.5) is 0 Å². The zero-order chi connectivity index (χ0) is 11.0. The van der Waals surface area contributed by atoms with Gasteiger partial charge in [0.1, 0.15) is 0 Å². The molecule has 3 rings (SSSR count). The summed E-state index contributed by atoms with van der Waals surface area (Å²) in [7, 11) is 1.97. The average Bonchev–Trinajstić information content (AvgIpc) is 2.90. The van der Waals surface area contributed by atoms with Gasteiger partial charge in [0.2, 0.25) is 0 Å². The van der Waals surface area contributed by atoms with Gasteiger partial charge in [0, 0.05) is 24.8 Å². The summed E-state index contributed by atoms with van der Waals surface area (Å²) < 4.78 is 3.94. The lowest BCUT2D eigenvalue weighted by Gasteiger charge is -1.98. The summed E-state index contributed by atoms with van der Waals surface area (Å²) in [5, 5.41) is 5.74. The maximum absolute atomic E-state index is 4.53. The predicted molar refractivity (Wildman–Crippen MR) is 62.0 cm³/mol. The second kappa shape index (κ2) is 3.48. The number of imidazole rings is 1. The van der Waals surface area contributed by atoms with Crippen molar-refractivity contribution in [2.45, 2.75) is 6.54 Å². The monoisotopic (exact) mass is 212 g/mol. The molecule has 2 aromatic heterocycles. The third-order valence-corrected chi connectivity index (χ3v) is 2.73. The molecule has 3 aromatic rings. The second-order valence-electron chi connectivity index (χ2n) is 3.82. The van der Waals surface area contributed by atoms with Crippen molar-refractivity contribution in [2.24, 2.45) is 7.05 Å². The van der Waals surface area contributed by atoms with Crippen LogP contribution in [0, 0.1) is 0 Å². The smallest absolute Gasteiger partial charge is 0.0949 e. The van der Waals surface area contributed by atoms with E-state index in [4.69, 9.17) is 0 Å². The van der Waals surface area contributed by atoms with Crippen molar-refractivity contribution < 1.29 is 0 Å². The van der Waals surface area contributed by atoms with E-state index >= 15 is 0 Å². The summed E-state index contributed by atoms with van der Waals surface area (Å²) in [6.07, 6.45) is 5.54. The normalized spacial score (nSPS) is 11.1. The third-order valence-electron chi connectivity index (χ3n) is 2.73. The Kier molecular flexibility index (Phi) is 1.99. The Hall–Kier alpha value is -2.10. The zero-order valence-corrected chi connectivity index (χ0v) is 9.04. The molecule has 16 heavy (non-hydrogen) atoms. The van der Waals surface area contributed by atoms with Crippen LogP contribution in [-0.4, -0.2) is 19.3 Å². The average molecular weight is 212 g/mol. The first-order valence-electron chi connectivity index (χ1n) is 5.21. The maximum atomic E-state index is 4.53. The van der Waals surface area contributed by atoms with Crippen molar-refractivity contribution in [1.82, 2.24) is 19.3 Å². The Labute approximate surface area is 93.1 Å². The van der Waals surface area contributed by atoms with Crippen molar-refractivity contribution in [3.63, 3.8) is 0 Å². The minimum Gasteiger partial charge on any atom is -0.331 e. The number of hydrogen-bond acceptors (Lipinski definition) is 2. The molecule has 4 heteroatoms. The molecule has 0 saturated heterocycles. The predicted octanol–water partition coefficient (Wildman–Crippen LogP) is 1.82. The number of hydrogen-bond donors (Lipinski definition) is 0. The maximum Gasteiger partial charge on any atom is 0.0949 e. The van der Waals surface area contributed by atoms with E-state index in [1.807, 2.05) is 41.0 Å². The molecule has 0 unspecified atom stereocenters. The molecule has 0 saturated carbocycles. The van der Waals surface area contributed by atoms with Crippen molar-refractivity contribution in [3.05, 3.63) is 48.7 Å². The summed E-state index contributed by atoms with van der Waals surface area (Å²) >= 11 is 0. The Morgan fingerprint density at radius 1 is 1.25 bits per heavy atom. The lowest BCUT2D eigenvalue weighted by molar-refractivity contribution is 0.718. The fraction of sp³-hybridized carbons (Fsp3) is 0.167. The lowest BCUT2D eigenvalue weighted by Crippen LogP contribution is -1.98. The molecular formula is C12H12N4. The van der Waals surface area contributed by atoms with Gasteiger partial charge in [-0.05, 0) is 6.07 Å². The van der Waals surface area contributed by atoms with Gasteiger partial charge in [0.15, 0.2) is 0 Å². The number of nitrogens with zero attached hydrogens (tertiary/aromatic N) is 4. The Bertz CT molecular complexity index is 607. The molecule has 0 fully saturated rings. The summed E-state index contributed by atoms with van der Waals surface area (Å²) in [6.45, 7) is 0.765. The molecule has 2 heterocycles. The molecule has 0 aliphatic heterocycles. The number of benzene rings is 1. The lowest BCUT2D eigenvalue weighted by atomic mass is 10.2. The van der Waals surface area contributed by atoms with E-state index in [0.29, 0.717) is 0 Å². The molecule has 4 nitrogen and oxygen atoms in total. The molecule has 80 valence electrons. The van der Waals surface area contributed by atoms with Crippen molar-refractivity contribution in [2.75, 3.05) is 0 Å². The molecule has 0 amide bonds. The summed E-state index contributed by atoms with van der Waals surface area (Å²) in [5.74, 6) is 0. The Morgan fingerprint density at radius 3 is 2.94 bits per heavy atom. The van der Waals surface area contributed by atoms with Gasteiger partial charge in [0.05, 0.1) is 24.1 Å². The molecule has 0 radical (unpaired) electrons. The fourth-order valence-electron chi connectivity index (χ4n) is 1.96. The summed E-state index contributed by atoms with van der Waals surface area (Å²) in [5.41, 5.74) is 2.24. The van der Waals surface area contributed by atoms with Gasteiger partial charge in [-0.1, -0.05) is 18.2 Å². The van der Waals surface area contributed by atoms with Crippen LogP contribution in [0.1, 0.15) is 5.69 Å². The minimum atomic E-state index is 0.765. The molecule has 0 atom stereocenters. The SMILES string of the molecule is Cn1nc(Cn2ccnc2)c2ccccc21. The number of para-hydroxylation sites is 1. The molecular weight excluding hydrogens is 200 g/mol. The van der Waals surface area contributed by atoms with E-state index in [2.05, 4.69) is 22.2 Å². The first-order valence-corrected chi connectivity index (χ1v) is 5.21. The highest BCUT2D eigenvalue weighted by atomic mass is 15.3. The first-order chi connectivity index (χ1) is 7.84. The zero-order valence-electron chi connectivity index (χ0n) is 9.04. The standard InChI is InChI=1S/C12H12N4/c1-15-12-5-3-2-4-10(12)11(14-15)8-16-7-6-13-9-16/h2-7,9H,8H2,1H3. The molecule has 0 spiro atoms. The summed E-state index contributed by atoms with van der Waals surface area (Å²) in [6, 6.07) is 8.26. The largest absolute Gasteiger partial charge is 0.331 e. The van der Waals surface area contributed by atoms with Crippen molar-refractivity contribution >= 4 is 10.9 Å². The van der Waals surface area contributed by atoms with Crippen molar-refractivity contribution in [3.8, 4) is 0 Å². The molecule has 0 aliphatic rings. The topological polar surface area (TPSA) is 35.6 Å². The quantitative estimate of drug-likeness (QED) is 0.649. The van der Waals surface area contributed by atoms with Crippen LogP contribution in [0.5, 0.6) is 0 Å². The van der Waals surface area contributed by atoms with Gasteiger partial charge >= 0.3 is 0 Å². The van der Waals surface area contributed by atoms with Crippen LogP contribution in [0.3, 0.4) is 0 Å². The van der Waals surface area contributed by atoms with Gasteiger partial charge in [-0.15, -0.1) is 0 Å². The van der Waals surface area contributed by atoms with E-state index in [-0.39, 0.29) is 0 Å². The highest BCUT2D eigenvalue weighted by Crippen LogP contribution is 2.17. The fourth-order valence-corrected chi connectivity index (χ4v) is 1.96. The third kappa shape index (κ3) is 1.39. The van der Waals surface area contributed by atoms with Crippen LogP contribution >= 0.6 is 0 Å². The number of rotatable bonds is 2. The highest BCUT2D eigenvalue weighted by molar-refractivity contribution is 5.81. The molecule has 0 N–H and O–H groups in total. The second-order valence-corrected chi connectivity index (χ2v) is 3.82. The van der Waals surface area contributed by atoms with Gasteiger partial charge in [-0.2, -0.15) is 5.10 Å². The van der Waals surface area contributed by atoms with E-state index < -0.39 is 0 Å². The van der Waals surface area contributed by atoms with Crippen LogP contribution in [0.15, 0.2) is 43.0 Å². The molecule has 1 aromatic carbocycles. The van der Waals surface area contributed by atoms with Crippen LogP contribution in [0.25, 0.3) is 10.9 Å². The van der Waals surface area contributed by atoms with E-state index in [1.54, 1.807) is 6.20 Å². The van der Waals surface area contributed by atoms with Crippen LogP contribution in [-0.2, 0) is 13.6 Å². The van der Waals surface area contributed by atoms with E-state index in [1.165, 1.54) is 5.39 Å². The van der Waals surface area contributed by atoms with Crippen LogP contribution in [0.2, 0.25) is 0 Å². The van der Waals surface area contributed by atoms with Gasteiger partial charge < -0.3 is 4.57 Å². The van der Waals surface area contributed by atoms with Crippen LogP contribution < -0.4 is 0 Å². The summed E-state index contributed by atoms with van der Waals surface area (Å²) in [4.78, 5) is 4.03. The number of fused-ring (bicyclic) bond motifs is 1. The van der Waals surface area contributed by atoms with E-state index in [9.17, 15) is 0 Å². The van der Waals surface area contributed by atoms with Crippen molar-refractivity contribution in [1.29, 1.82) is 0 Å². The van der Waals surface area contributed by atoms with Gasteiger partial charge in [-0.25, -0.2) is 4.98 Å². The molecule has 0 bridgehead atoms. The Balaban J connectivity index is 2.10. The Morgan fingerprint density at radius 2 is 2.12 bits per heavy atom. The molecule has 0 aliphatic carbocycles.